The Bertz CT molecular complexity index is 744. The first-order valence-electron chi connectivity index (χ1n) is 8.06. The van der Waals surface area contributed by atoms with Crippen molar-refractivity contribution in [2.45, 2.75) is 31.7 Å². The molecular formula is C18H18BrClN2O4. The van der Waals surface area contributed by atoms with Crippen molar-refractivity contribution in [2.75, 3.05) is 13.7 Å². The highest BCUT2D eigenvalue weighted by atomic mass is 79.9. The number of amides is 1. The van der Waals surface area contributed by atoms with Crippen LogP contribution in [0.3, 0.4) is 0 Å². The van der Waals surface area contributed by atoms with E-state index in [1.54, 1.807) is 12.1 Å². The Hall–Kier alpha value is -2.04. The Morgan fingerprint density at radius 2 is 2.12 bits per heavy atom. The summed E-state index contributed by atoms with van der Waals surface area (Å²) in [4.78, 5) is 23.4. The number of esters is 1. The molecule has 1 aromatic rings. The monoisotopic (exact) mass is 440 g/mol. The van der Waals surface area contributed by atoms with Gasteiger partial charge in [-0.25, -0.2) is 4.79 Å². The molecule has 26 heavy (non-hydrogen) atoms. The summed E-state index contributed by atoms with van der Waals surface area (Å²) in [5.41, 5.74) is 0.563. The first-order chi connectivity index (χ1) is 12.4. The van der Waals surface area contributed by atoms with Crippen molar-refractivity contribution in [1.82, 2.24) is 5.32 Å². The van der Waals surface area contributed by atoms with Gasteiger partial charge in [-0.2, -0.15) is 5.26 Å². The number of nitriles is 1. The fraction of sp³-hybridized carbons (Fsp3) is 0.389. The summed E-state index contributed by atoms with van der Waals surface area (Å²) in [6, 6.07) is 5.26. The summed E-state index contributed by atoms with van der Waals surface area (Å²) in [5.74, 6) is -0.645. The standard InChI is InChI=1S/C18H18BrClN2O4/c1-25-16(23)10-26-17-14(19)7-11(8-15(17)20)6-12(9-21)18(24)22-13-4-2-3-5-13/h6-8,13H,2-5,10H2,1H3,(H,22,24)/b12-6-. The molecule has 1 N–H and O–H groups in total. The van der Waals surface area contributed by atoms with Crippen LogP contribution in [0.15, 0.2) is 22.2 Å². The van der Waals surface area contributed by atoms with Gasteiger partial charge in [-0.05, 0) is 52.5 Å². The van der Waals surface area contributed by atoms with E-state index >= 15 is 0 Å². The predicted molar refractivity (Wildman–Crippen MR) is 101 cm³/mol. The van der Waals surface area contributed by atoms with Gasteiger partial charge in [0.25, 0.3) is 5.91 Å². The zero-order valence-corrected chi connectivity index (χ0v) is 16.5. The smallest absolute Gasteiger partial charge is 0.343 e. The number of methoxy groups -OCH3 is 1. The Morgan fingerprint density at radius 1 is 1.42 bits per heavy atom. The van der Waals surface area contributed by atoms with Crippen molar-refractivity contribution in [1.29, 1.82) is 5.26 Å². The van der Waals surface area contributed by atoms with Crippen LogP contribution >= 0.6 is 27.5 Å². The molecular weight excluding hydrogens is 424 g/mol. The number of carbonyl (C=O) groups excluding carboxylic acids is 2. The number of halogens is 2. The molecule has 0 atom stereocenters. The zero-order valence-electron chi connectivity index (χ0n) is 14.2. The highest BCUT2D eigenvalue weighted by molar-refractivity contribution is 9.10. The highest BCUT2D eigenvalue weighted by Crippen LogP contribution is 2.35. The Morgan fingerprint density at radius 3 is 2.69 bits per heavy atom. The van der Waals surface area contributed by atoms with E-state index in [9.17, 15) is 14.9 Å². The molecule has 1 saturated carbocycles. The van der Waals surface area contributed by atoms with E-state index < -0.39 is 11.9 Å². The molecule has 2 rings (SSSR count). The maximum Gasteiger partial charge on any atom is 0.343 e. The van der Waals surface area contributed by atoms with Crippen LogP contribution in [0.1, 0.15) is 31.2 Å². The second kappa shape index (κ2) is 9.60. The maximum absolute atomic E-state index is 12.3. The van der Waals surface area contributed by atoms with Gasteiger partial charge >= 0.3 is 5.97 Å². The average Bonchev–Trinajstić information content (AvgIpc) is 3.11. The average molecular weight is 442 g/mol. The quantitative estimate of drug-likeness (QED) is 0.414. The fourth-order valence-electron chi connectivity index (χ4n) is 2.64. The first kappa shape index (κ1) is 20.3. The Kier molecular flexibility index (Phi) is 7.49. The lowest BCUT2D eigenvalue weighted by Crippen LogP contribution is -2.33. The van der Waals surface area contributed by atoms with Crippen molar-refractivity contribution in [2.24, 2.45) is 0 Å². The van der Waals surface area contributed by atoms with Crippen LogP contribution in [0.2, 0.25) is 5.02 Å². The highest BCUT2D eigenvalue weighted by Gasteiger charge is 2.19. The molecule has 1 aliphatic carbocycles. The van der Waals surface area contributed by atoms with Gasteiger partial charge in [0.05, 0.1) is 16.6 Å². The number of hydrogen-bond acceptors (Lipinski definition) is 5. The van der Waals surface area contributed by atoms with Gasteiger partial charge < -0.3 is 14.8 Å². The molecule has 1 amide bonds. The van der Waals surface area contributed by atoms with Gasteiger partial charge in [0.15, 0.2) is 12.4 Å². The topological polar surface area (TPSA) is 88.4 Å². The lowest BCUT2D eigenvalue weighted by molar-refractivity contribution is -0.142. The molecule has 1 aromatic carbocycles. The third kappa shape index (κ3) is 5.48. The van der Waals surface area contributed by atoms with Gasteiger partial charge in [0.1, 0.15) is 11.6 Å². The van der Waals surface area contributed by atoms with Gasteiger partial charge in [0, 0.05) is 6.04 Å². The molecule has 138 valence electrons. The third-order valence-corrected chi connectivity index (χ3v) is 4.82. The molecule has 1 fully saturated rings. The van der Waals surface area contributed by atoms with Crippen LogP contribution in [-0.4, -0.2) is 31.6 Å². The molecule has 0 aromatic heterocycles. The molecule has 0 saturated heterocycles. The summed E-state index contributed by atoms with van der Waals surface area (Å²) < 4.78 is 10.3. The molecule has 0 spiro atoms. The molecule has 0 heterocycles. The number of nitrogens with one attached hydrogen (secondary N) is 1. The minimum Gasteiger partial charge on any atom is -0.479 e. The van der Waals surface area contributed by atoms with Crippen LogP contribution in [0, 0.1) is 11.3 Å². The summed E-state index contributed by atoms with van der Waals surface area (Å²) in [6.07, 6.45) is 5.52. The number of rotatable bonds is 6. The number of benzene rings is 1. The van der Waals surface area contributed by atoms with E-state index in [-0.39, 0.29) is 29.0 Å². The normalized spacial score (nSPS) is 14.6. The van der Waals surface area contributed by atoms with Crippen LogP contribution in [0.4, 0.5) is 0 Å². The first-order valence-corrected chi connectivity index (χ1v) is 9.23. The van der Waals surface area contributed by atoms with Crippen molar-refractivity contribution in [3.63, 3.8) is 0 Å². The molecule has 8 heteroatoms. The summed E-state index contributed by atoms with van der Waals surface area (Å²) in [6.45, 7) is -0.281. The minimum atomic E-state index is -0.535. The predicted octanol–water partition coefficient (Wildman–Crippen LogP) is 3.62. The molecule has 0 radical (unpaired) electrons. The van der Waals surface area contributed by atoms with Crippen molar-refractivity contribution in [3.8, 4) is 11.8 Å². The number of nitrogens with zero attached hydrogens (tertiary/aromatic N) is 1. The number of ether oxygens (including phenoxy) is 2. The van der Waals surface area contributed by atoms with Crippen molar-refractivity contribution < 1.29 is 19.1 Å². The third-order valence-electron chi connectivity index (χ3n) is 3.95. The van der Waals surface area contributed by atoms with E-state index in [0.29, 0.717) is 10.0 Å². The summed E-state index contributed by atoms with van der Waals surface area (Å²) >= 11 is 9.50. The van der Waals surface area contributed by atoms with E-state index in [1.807, 2.05) is 6.07 Å². The van der Waals surface area contributed by atoms with E-state index in [1.165, 1.54) is 13.2 Å². The summed E-state index contributed by atoms with van der Waals surface area (Å²) in [7, 11) is 1.26. The van der Waals surface area contributed by atoms with E-state index in [4.69, 9.17) is 16.3 Å². The second-order valence-corrected chi connectivity index (χ2v) is 7.06. The van der Waals surface area contributed by atoms with Gasteiger partial charge in [-0.15, -0.1) is 0 Å². The Balaban J connectivity index is 2.16. The Labute approximate surface area is 165 Å². The molecule has 0 unspecified atom stereocenters. The fourth-order valence-corrected chi connectivity index (χ4v) is 3.63. The van der Waals surface area contributed by atoms with E-state index in [2.05, 4.69) is 26.0 Å². The van der Waals surface area contributed by atoms with Gasteiger partial charge in [-0.1, -0.05) is 24.4 Å². The molecule has 0 aliphatic heterocycles. The molecule has 6 nitrogen and oxygen atoms in total. The van der Waals surface area contributed by atoms with Crippen molar-refractivity contribution >= 4 is 45.5 Å². The number of hydrogen-bond donors (Lipinski definition) is 1. The SMILES string of the molecule is COC(=O)COc1c(Cl)cc(/C=C(/C#N)C(=O)NC2CCCC2)cc1Br. The number of carbonyl (C=O) groups is 2. The van der Waals surface area contributed by atoms with E-state index in [0.717, 1.165) is 25.7 Å². The van der Waals surface area contributed by atoms with Crippen molar-refractivity contribution in [3.05, 3.63) is 32.8 Å². The lowest BCUT2D eigenvalue weighted by Gasteiger charge is -2.12. The molecule has 0 bridgehead atoms. The minimum absolute atomic E-state index is 0.00287. The molecule has 1 aliphatic rings. The maximum atomic E-state index is 12.3. The van der Waals surface area contributed by atoms with Crippen LogP contribution in [0.5, 0.6) is 5.75 Å². The summed E-state index contributed by atoms with van der Waals surface area (Å²) in [5, 5.41) is 12.4. The van der Waals surface area contributed by atoms with Gasteiger partial charge in [-0.3, -0.25) is 4.79 Å². The van der Waals surface area contributed by atoms with Crippen LogP contribution in [0.25, 0.3) is 6.08 Å². The largest absolute Gasteiger partial charge is 0.479 e. The van der Waals surface area contributed by atoms with Gasteiger partial charge in [0.2, 0.25) is 0 Å². The lowest BCUT2D eigenvalue weighted by atomic mass is 10.1. The second-order valence-electron chi connectivity index (χ2n) is 5.80. The van der Waals surface area contributed by atoms with Crippen LogP contribution in [-0.2, 0) is 14.3 Å². The van der Waals surface area contributed by atoms with Crippen LogP contribution < -0.4 is 10.1 Å². The zero-order chi connectivity index (χ0) is 19.1.